The molecule has 1 aromatic heterocycles. The van der Waals surface area contributed by atoms with Crippen molar-refractivity contribution in [2.24, 2.45) is 0 Å². The molecular formula is C10H13ClN2O3. The number of ether oxygens (including phenoxy) is 1. The number of aromatic nitrogens is 2. The van der Waals surface area contributed by atoms with E-state index in [2.05, 4.69) is 4.98 Å². The van der Waals surface area contributed by atoms with E-state index < -0.39 is 11.6 Å². The van der Waals surface area contributed by atoms with Crippen molar-refractivity contribution in [1.82, 2.24) is 9.55 Å². The van der Waals surface area contributed by atoms with Gasteiger partial charge >= 0.3 is 5.97 Å². The molecule has 16 heavy (non-hydrogen) atoms. The van der Waals surface area contributed by atoms with Crippen LogP contribution in [0.3, 0.4) is 0 Å². The summed E-state index contributed by atoms with van der Waals surface area (Å²) in [6.07, 6.45) is 1.22. The zero-order valence-electron chi connectivity index (χ0n) is 9.36. The second-order valence-electron chi connectivity index (χ2n) is 4.26. The first-order valence-electron chi connectivity index (χ1n) is 4.72. The van der Waals surface area contributed by atoms with Gasteiger partial charge in [0.05, 0.1) is 6.33 Å². The Kier molecular flexibility index (Phi) is 3.70. The van der Waals surface area contributed by atoms with E-state index in [9.17, 15) is 9.59 Å². The van der Waals surface area contributed by atoms with Crippen LogP contribution in [0.25, 0.3) is 0 Å². The Hall–Kier alpha value is -1.36. The quantitative estimate of drug-likeness (QED) is 0.580. The highest BCUT2D eigenvalue weighted by Gasteiger charge is 2.16. The van der Waals surface area contributed by atoms with Crippen molar-refractivity contribution in [3.05, 3.63) is 27.9 Å². The van der Waals surface area contributed by atoms with Crippen LogP contribution < -0.4 is 5.56 Å². The molecule has 0 aliphatic rings. The Balaban J connectivity index is 2.74. The highest BCUT2D eigenvalue weighted by Crippen LogP contribution is 2.07. The highest BCUT2D eigenvalue weighted by molar-refractivity contribution is 6.29. The van der Waals surface area contributed by atoms with Crippen LogP contribution in [-0.4, -0.2) is 21.1 Å². The van der Waals surface area contributed by atoms with Crippen molar-refractivity contribution in [1.29, 1.82) is 0 Å². The van der Waals surface area contributed by atoms with Crippen LogP contribution in [0.1, 0.15) is 20.8 Å². The van der Waals surface area contributed by atoms with Gasteiger partial charge in [-0.3, -0.25) is 14.2 Å². The second-order valence-corrected chi connectivity index (χ2v) is 4.65. The van der Waals surface area contributed by atoms with Gasteiger partial charge in [-0.15, -0.1) is 0 Å². The van der Waals surface area contributed by atoms with E-state index in [1.807, 2.05) is 0 Å². The fourth-order valence-corrected chi connectivity index (χ4v) is 1.17. The van der Waals surface area contributed by atoms with E-state index in [4.69, 9.17) is 16.3 Å². The molecule has 0 N–H and O–H groups in total. The summed E-state index contributed by atoms with van der Waals surface area (Å²) < 4.78 is 6.21. The van der Waals surface area contributed by atoms with Gasteiger partial charge in [0, 0.05) is 6.07 Å². The van der Waals surface area contributed by atoms with E-state index in [-0.39, 0.29) is 17.3 Å². The number of carbonyl (C=O) groups excluding carboxylic acids is 1. The third kappa shape index (κ3) is 4.02. The number of hydrogen-bond donors (Lipinski definition) is 0. The number of hydrogen-bond acceptors (Lipinski definition) is 4. The van der Waals surface area contributed by atoms with Crippen molar-refractivity contribution in [2.75, 3.05) is 0 Å². The summed E-state index contributed by atoms with van der Waals surface area (Å²) in [6, 6.07) is 1.14. The van der Waals surface area contributed by atoms with E-state index in [1.165, 1.54) is 6.33 Å². The molecule has 5 nitrogen and oxygen atoms in total. The van der Waals surface area contributed by atoms with Crippen molar-refractivity contribution in [2.45, 2.75) is 32.9 Å². The standard InChI is InChI=1S/C10H13ClN2O3/c1-10(2,3)16-9(15)5-13-6-12-7(11)4-8(13)14/h4,6H,5H2,1-3H3. The molecule has 6 heteroatoms. The minimum atomic E-state index is -0.569. The monoisotopic (exact) mass is 244 g/mol. The number of nitrogens with zero attached hydrogens (tertiary/aromatic N) is 2. The van der Waals surface area contributed by atoms with Crippen molar-refractivity contribution in [3.63, 3.8) is 0 Å². The molecule has 0 aliphatic heterocycles. The number of rotatable bonds is 2. The fourth-order valence-electron chi connectivity index (χ4n) is 1.04. The molecular weight excluding hydrogens is 232 g/mol. The van der Waals surface area contributed by atoms with Gasteiger partial charge in [-0.2, -0.15) is 0 Å². The Bertz CT molecular complexity index is 448. The summed E-state index contributed by atoms with van der Waals surface area (Å²) in [5.74, 6) is -0.487. The number of halogens is 1. The summed E-state index contributed by atoms with van der Waals surface area (Å²) in [6.45, 7) is 5.11. The van der Waals surface area contributed by atoms with Gasteiger partial charge in [0.2, 0.25) is 0 Å². The minimum Gasteiger partial charge on any atom is -0.459 e. The summed E-state index contributed by atoms with van der Waals surface area (Å²) in [5, 5.41) is 0.102. The van der Waals surface area contributed by atoms with Crippen molar-refractivity contribution < 1.29 is 9.53 Å². The SMILES string of the molecule is CC(C)(C)OC(=O)Cn1cnc(Cl)cc1=O. The summed E-state index contributed by atoms with van der Waals surface area (Å²) in [7, 11) is 0. The summed E-state index contributed by atoms with van der Waals surface area (Å²) >= 11 is 5.52. The first-order valence-corrected chi connectivity index (χ1v) is 5.09. The molecule has 0 aromatic carbocycles. The highest BCUT2D eigenvalue weighted by atomic mass is 35.5. The van der Waals surface area contributed by atoms with Crippen LogP contribution in [-0.2, 0) is 16.1 Å². The van der Waals surface area contributed by atoms with Gasteiger partial charge in [0.1, 0.15) is 17.3 Å². The van der Waals surface area contributed by atoms with Gasteiger partial charge in [-0.25, -0.2) is 4.98 Å². The van der Waals surface area contributed by atoms with Crippen molar-refractivity contribution >= 4 is 17.6 Å². The molecule has 0 saturated carbocycles. The van der Waals surface area contributed by atoms with Crippen molar-refractivity contribution in [3.8, 4) is 0 Å². The lowest BCUT2D eigenvalue weighted by atomic mass is 10.2. The molecule has 1 rings (SSSR count). The predicted molar refractivity (Wildman–Crippen MR) is 59.4 cm³/mol. The minimum absolute atomic E-state index is 0.102. The Morgan fingerprint density at radius 1 is 1.56 bits per heavy atom. The van der Waals surface area contributed by atoms with Crippen LogP contribution in [0.2, 0.25) is 5.15 Å². The third-order valence-electron chi connectivity index (χ3n) is 1.57. The lowest BCUT2D eigenvalue weighted by Crippen LogP contribution is -2.30. The normalized spacial score (nSPS) is 11.2. The van der Waals surface area contributed by atoms with Crippen LogP contribution in [0.4, 0.5) is 0 Å². The zero-order chi connectivity index (χ0) is 12.3. The first-order chi connectivity index (χ1) is 7.28. The Labute approximate surface area is 98.0 Å². The molecule has 0 fully saturated rings. The Morgan fingerprint density at radius 3 is 2.69 bits per heavy atom. The molecule has 0 amide bonds. The van der Waals surface area contributed by atoms with Crippen LogP contribution >= 0.6 is 11.6 Å². The summed E-state index contributed by atoms with van der Waals surface area (Å²) in [5.41, 5.74) is -0.952. The average Bonchev–Trinajstić information content (AvgIpc) is 2.06. The molecule has 0 radical (unpaired) electrons. The topological polar surface area (TPSA) is 61.2 Å². The molecule has 0 aliphatic carbocycles. The summed E-state index contributed by atoms with van der Waals surface area (Å²) in [4.78, 5) is 26.5. The maximum Gasteiger partial charge on any atom is 0.326 e. The van der Waals surface area contributed by atoms with E-state index in [0.717, 1.165) is 10.6 Å². The molecule has 0 spiro atoms. The molecule has 1 heterocycles. The predicted octanol–water partition coefficient (Wildman–Crippen LogP) is 1.24. The molecule has 0 saturated heterocycles. The zero-order valence-corrected chi connectivity index (χ0v) is 10.1. The van der Waals surface area contributed by atoms with Crippen LogP contribution in [0, 0.1) is 0 Å². The largest absolute Gasteiger partial charge is 0.459 e. The van der Waals surface area contributed by atoms with Gasteiger partial charge < -0.3 is 4.74 Å². The molecule has 0 unspecified atom stereocenters. The maximum atomic E-state index is 11.4. The van der Waals surface area contributed by atoms with Crippen LogP contribution in [0.15, 0.2) is 17.2 Å². The smallest absolute Gasteiger partial charge is 0.326 e. The molecule has 0 bridgehead atoms. The second kappa shape index (κ2) is 4.65. The third-order valence-corrected chi connectivity index (χ3v) is 1.77. The van der Waals surface area contributed by atoms with E-state index in [1.54, 1.807) is 20.8 Å². The fraction of sp³-hybridized carbons (Fsp3) is 0.500. The van der Waals surface area contributed by atoms with Gasteiger partial charge in [0.25, 0.3) is 5.56 Å². The van der Waals surface area contributed by atoms with E-state index in [0.29, 0.717) is 0 Å². The molecule has 88 valence electrons. The van der Waals surface area contributed by atoms with E-state index >= 15 is 0 Å². The number of esters is 1. The lowest BCUT2D eigenvalue weighted by Gasteiger charge is -2.19. The van der Waals surface area contributed by atoms with Gasteiger partial charge in [0.15, 0.2) is 0 Å². The molecule has 0 atom stereocenters. The lowest BCUT2D eigenvalue weighted by molar-refractivity contribution is -0.155. The van der Waals surface area contributed by atoms with Crippen LogP contribution in [0.5, 0.6) is 0 Å². The van der Waals surface area contributed by atoms with Gasteiger partial charge in [-0.1, -0.05) is 11.6 Å². The molecule has 1 aromatic rings. The number of carbonyl (C=O) groups is 1. The maximum absolute atomic E-state index is 11.4. The first kappa shape index (κ1) is 12.7. The average molecular weight is 245 g/mol. The van der Waals surface area contributed by atoms with Gasteiger partial charge in [-0.05, 0) is 20.8 Å². The Morgan fingerprint density at radius 2 is 2.19 bits per heavy atom.